The maximum Gasteiger partial charge on any atom is 0.407 e. The van der Waals surface area contributed by atoms with E-state index in [4.69, 9.17) is 4.74 Å². The molecule has 0 spiro atoms. The minimum Gasteiger partial charge on any atom is -0.449 e. The molecule has 0 saturated carbocycles. The van der Waals surface area contributed by atoms with Gasteiger partial charge in [0.15, 0.2) is 0 Å². The summed E-state index contributed by atoms with van der Waals surface area (Å²) in [7, 11) is 0. The highest BCUT2D eigenvalue weighted by Gasteiger charge is 2.28. The zero-order chi connectivity index (χ0) is 18.6. The zero-order valence-corrected chi connectivity index (χ0v) is 16.9. The van der Waals surface area contributed by atoms with Crippen molar-refractivity contribution in [2.45, 2.75) is 5.92 Å². The van der Waals surface area contributed by atoms with Crippen LogP contribution in [0.3, 0.4) is 0 Å². The molecular formula is C22H18BrNO2S. The van der Waals surface area contributed by atoms with Gasteiger partial charge in [-0.2, -0.15) is 0 Å². The van der Waals surface area contributed by atoms with E-state index in [1.807, 2.05) is 48.6 Å². The number of amides is 1. The highest BCUT2D eigenvalue weighted by Crippen LogP contribution is 2.44. The van der Waals surface area contributed by atoms with Crippen molar-refractivity contribution in [3.8, 4) is 11.1 Å². The highest BCUT2D eigenvalue weighted by atomic mass is 79.9. The van der Waals surface area contributed by atoms with Gasteiger partial charge in [-0.3, -0.25) is 0 Å². The van der Waals surface area contributed by atoms with Crippen LogP contribution in [0.2, 0.25) is 0 Å². The van der Waals surface area contributed by atoms with Crippen LogP contribution >= 0.6 is 27.3 Å². The van der Waals surface area contributed by atoms with E-state index in [0.29, 0.717) is 13.2 Å². The average Bonchev–Trinajstić information content (AvgIpc) is 3.25. The lowest BCUT2D eigenvalue weighted by atomic mass is 9.98. The fourth-order valence-electron chi connectivity index (χ4n) is 3.38. The molecule has 136 valence electrons. The molecule has 0 radical (unpaired) electrons. The fraction of sp³-hybridized carbons (Fsp3) is 0.136. The molecule has 0 atom stereocenters. The minimum absolute atomic E-state index is 0.0853. The summed E-state index contributed by atoms with van der Waals surface area (Å²) >= 11 is 5.08. The molecular weight excluding hydrogens is 422 g/mol. The predicted octanol–water partition coefficient (Wildman–Crippen LogP) is 6.06. The van der Waals surface area contributed by atoms with Crippen LogP contribution in [0, 0.1) is 0 Å². The highest BCUT2D eigenvalue weighted by molar-refractivity contribution is 9.11. The van der Waals surface area contributed by atoms with E-state index < -0.39 is 6.09 Å². The van der Waals surface area contributed by atoms with Crippen molar-refractivity contribution in [3.05, 3.63) is 86.5 Å². The fourth-order valence-corrected chi connectivity index (χ4v) is 4.74. The molecule has 27 heavy (non-hydrogen) atoms. The van der Waals surface area contributed by atoms with Crippen LogP contribution in [0.15, 0.2) is 70.5 Å². The van der Waals surface area contributed by atoms with Crippen LogP contribution in [0.25, 0.3) is 17.2 Å². The number of rotatable bonds is 5. The first-order valence-corrected chi connectivity index (χ1v) is 10.3. The Kier molecular flexibility index (Phi) is 5.41. The lowest BCUT2D eigenvalue weighted by Gasteiger charge is -2.14. The van der Waals surface area contributed by atoms with Crippen LogP contribution in [0.5, 0.6) is 0 Å². The van der Waals surface area contributed by atoms with Gasteiger partial charge >= 0.3 is 6.09 Å². The number of nitrogens with one attached hydrogen (secondary N) is 1. The Morgan fingerprint density at radius 2 is 1.70 bits per heavy atom. The average molecular weight is 440 g/mol. The summed E-state index contributed by atoms with van der Waals surface area (Å²) < 4.78 is 6.60. The second-order valence-electron chi connectivity index (χ2n) is 6.25. The molecule has 1 amide bonds. The van der Waals surface area contributed by atoms with Gasteiger partial charge in [0.2, 0.25) is 0 Å². The number of ether oxygens (including phenoxy) is 1. The van der Waals surface area contributed by atoms with Gasteiger partial charge < -0.3 is 10.1 Å². The molecule has 3 nitrogen and oxygen atoms in total. The maximum atomic E-state index is 12.1. The smallest absolute Gasteiger partial charge is 0.407 e. The van der Waals surface area contributed by atoms with E-state index in [9.17, 15) is 4.79 Å². The molecule has 2 aromatic carbocycles. The normalized spacial score (nSPS) is 12.8. The first-order chi connectivity index (χ1) is 13.2. The number of hydrogen-bond acceptors (Lipinski definition) is 3. The van der Waals surface area contributed by atoms with Gasteiger partial charge in [0.1, 0.15) is 6.61 Å². The van der Waals surface area contributed by atoms with Crippen molar-refractivity contribution in [1.29, 1.82) is 0 Å². The quantitative estimate of drug-likeness (QED) is 0.524. The standard InChI is InChI=1S/C22H18BrNO2S/c23-21-12-11-15(27-21)6-5-13-24-22(25)26-14-20-18-9-3-1-7-16(18)17-8-2-4-10-19(17)20/h1-12,20H,13-14H2,(H,24,25). The van der Waals surface area contributed by atoms with Crippen LogP contribution in [-0.4, -0.2) is 19.2 Å². The Bertz CT molecular complexity index is 950. The molecule has 1 aliphatic rings. The Labute approximate surface area is 170 Å². The Morgan fingerprint density at radius 3 is 2.33 bits per heavy atom. The second-order valence-corrected chi connectivity index (χ2v) is 8.75. The monoisotopic (exact) mass is 439 g/mol. The molecule has 5 heteroatoms. The van der Waals surface area contributed by atoms with E-state index in [-0.39, 0.29) is 5.92 Å². The molecule has 4 rings (SSSR count). The number of benzene rings is 2. The Hall–Kier alpha value is -2.37. The van der Waals surface area contributed by atoms with Crippen LogP contribution in [0.4, 0.5) is 4.79 Å². The molecule has 1 heterocycles. The summed E-state index contributed by atoms with van der Waals surface area (Å²) in [6.07, 6.45) is 3.51. The third kappa shape index (κ3) is 3.99. The van der Waals surface area contributed by atoms with E-state index in [2.05, 4.69) is 45.5 Å². The van der Waals surface area contributed by atoms with Crippen molar-refractivity contribution < 1.29 is 9.53 Å². The van der Waals surface area contributed by atoms with Crippen LogP contribution in [0.1, 0.15) is 21.9 Å². The lowest BCUT2D eigenvalue weighted by Crippen LogP contribution is -2.26. The lowest BCUT2D eigenvalue weighted by molar-refractivity contribution is 0.144. The summed E-state index contributed by atoms with van der Waals surface area (Å²) in [5.41, 5.74) is 4.89. The van der Waals surface area contributed by atoms with Gasteiger partial charge in [0.25, 0.3) is 0 Å². The SMILES string of the molecule is O=C(NCC=Cc1ccc(Br)s1)OCC1c2ccccc2-c2ccccc21. The number of hydrogen-bond donors (Lipinski definition) is 1. The first kappa shape index (κ1) is 18.0. The summed E-state index contributed by atoms with van der Waals surface area (Å²) in [4.78, 5) is 13.2. The first-order valence-electron chi connectivity index (χ1n) is 8.73. The number of carbonyl (C=O) groups is 1. The third-order valence-electron chi connectivity index (χ3n) is 4.58. The van der Waals surface area contributed by atoms with E-state index in [1.165, 1.54) is 22.3 Å². The number of fused-ring (bicyclic) bond motifs is 3. The molecule has 0 bridgehead atoms. The summed E-state index contributed by atoms with van der Waals surface area (Å²) in [5.74, 6) is 0.0853. The number of alkyl carbamates (subject to hydrolysis) is 1. The molecule has 0 unspecified atom stereocenters. The third-order valence-corrected chi connectivity index (χ3v) is 6.17. The molecule has 1 N–H and O–H groups in total. The van der Waals surface area contributed by atoms with Crippen molar-refractivity contribution in [2.75, 3.05) is 13.2 Å². The molecule has 0 fully saturated rings. The molecule has 0 aliphatic heterocycles. The number of thiophene rings is 1. The summed E-state index contributed by atoms with van der Waals surface area (Å²) in [6.45, 7) is 0.771. The maximum absolute atomic E-state index is 12.1. The van der Waals surface area contributed by atoms with Crippen molar-refractivity contribution in [3.63, 3.8) is 0 Å². The Balaban J connectivity index is 1.34. The van der Waals surface area contributed by atoms with Crippen LogP contribution < -0.4 is 5.32 Å². The molecule has 3 aromatic rings. The second kappa shape index (κ2) is 8.11. The van der Waals surface area contributed by atoms with Crippen LogP contribution in [-0.2, 0) is 4.74 Å². The van der Waals surface area contributed by atoms with Crippen molar-refractivity contribution >= 4 is 39.4 Å². The summed E-state index contributed by atoms with van der Waals surface area (Å²) in [5, 5.41) is 2.78. The molecule has 1 aliphatic carbocycles. The Morgan fingerprint density at radius 1 is 1.04 bits per heavy atom. The summed E-state index contributed by atoms with van der Waals surface area (Å²) in [6, 6.07) is 20.7. The van der Waals surface area contributed by atoms with E-state index in [1.54, 1.807) is 11.3 Å². The van der Waals surface area contributed by atoms with Gasteiger partial charge in [0, 0.05) is 17.3 Å². The van der Waals surface area contributed by atoms with Crippen molar-refractivity contribution in [1.82, 2.24) is 5.32 Å². The van der Waals surface area contributed by atoms with Gasteiger partial charge in [-0.25, -0.2) is 4.79 Å². The van der Waals surface area contributed by atoms with Gasteiger partial charge in [-0.05, 0) is 56.4 Å². The van der Waals surface area contributed by atoms with Gasteiger partial charge in [-0.1, -0.05) is 54.6 Å². The molecule has 1 aromatic heterocycles. The largest absolute Gasteiger partial charge is 0.449 e. The van der Waals surface area contributed by atoms with Crippen molar-refractivity contribution in [2.24, 2.45) is 0 Å². The minimum atomic E-state index is -0.395. The van der Waals surface area contributed by atoms with E-state index in [0.717, 1.165) is 8.66 Å². The predicted molar refractivity (Wildman–Crippen MR) is 114 cm³/mol. The van der Waals surface area contributed by atoms with E-state index >= 15 is 0 Å². The van der Waals surface area contributed by atoms with Gasteiger partial charge in [-0.15, -0.1) is 11.3 Å². The number of carbonyl (C=O) groups excluding carboxylic acids is 1. The topological polar surface area (TPSA) is 38.3 Å². The number of halogens is 1. The molecule has 0 saturated heterocycles. The van der Waals surface area contributed by atoms with Gasteiger partial charge in [0.05, 0.1) is 3.79 Å². The zero-order valence-electron chi connectivity index (χ0n) is 14.5.